The normalized spacial score (nSPS) is 10.7. The van der Waals surface area contributed by atoms with Gasteiger partial charge in [-0.15, -0.1) is 0 Å². The number of hydrogen-bond donors (Lipinski definition) is 1. The fraction of sp³-hybridized carbons (Fsp3) is 0.529. The van der Waals surface area contributed by atoms with Crippen LogP contribution in [-0.4, -0.2) is 34.5 Å². The minimum atomic E-state index is -0.867. The van der Waals surface area contributed by atoms with E-state index in [0.717, 1.165) is 12.8 Å². The van der Waals surface area contributed by atoms with Crippen molar-refractivity contribution < 1.29 is 14.7 Å². The molecular weight excluding hydrogens is 266 g/mol. The van der Waals surface area contributed by atoms with Crippen molar-refractivity contribution in [3.63, 3.8) is 0 Å². The van der Waals surface area contributed by atoms with E-state index in [-0.39, 0.29) is 24.9 Å². The summed E-state index contributed by atoms with van der Waals surface area (Å²) in [7, 11) is 0. The molecule has 0 aliphatic carbocycles. The summed E-state index contributed by atoms with van der Waals surface area (Å²) in [5, 5.41) is 8.74. The number of hydrogen-bond acceptors (Lipinski definition) is 2. The van der Waals surface area contributed by atoms with Crippen molar-refractivity contribution >= 4 is 11.9 Å². The molecule has 0 heterocycles. The third kappa shape index (κ3) is 6.43. The second-order valence-electron chi connectivity index (χ2n) is 5.66. The van der Waals surface area contributed by atoms with Crippen LogP contribution in [0.4, 0.5) is 0 Å². The molecular formula is C17H25NO3. The smallest absolute Gasteiger partial charge is 0.305 e. The molecule has 1 amide bonds. The van der Waals surface area contributed by atoms with E-state index in [1.807, 2.05) is 13.8 Å². The molecule has 116 valence electrons. The van der Waals surface area contributed by atoms with Gasteiger partial charge in [-0.05, 0) is 39.2 Å². The number of rotatable bonds is 8. The molecule has 0 aromatic heterocycles. The van der Waals surface area contributed by atoms with Gasteiger partial charge in [-0.2, -0.15) is 0 Å². The molecule has 0 fully saturated rings. The predicted octanol–water partition coefficient (Wildman–Crippen LogP) is 3.03. The van der Waals surface area contributed by atoms with Crippen LogP contribution in [0.25, 0.3) is 0 Å². The lowest BCUT2D eigenvalue weighted by molar-refractivity contribution is -0.139. The molecule has 1 N–H and O–H groups in total. The molecule has 4 heteroatoms. The largest absolute Gasteiger partial charge is 0.481 e. The van der Waals surface area contributed by atoms with Gasteiger partial charge in [0.1, 0.15) is 0 Å². The Morgan fingerprint density at radius 1 is 1.14 bits per heavy atom. The van der Waals surface area contributed by atoms with Crippen molar-refractivity contribution in [1.82, 2.24) is 4.90 Å². The number of carboxylic acids is 1. The summed E-state index contributed by atoms with van der Waals surface area (Å²) in [4.78, 5) is 24.5. The second-order valence-corrected chi connectivity index (χ2v) is 5.66. The van der Waals surface area contributed by atoms with Crippen molar-refractivity contribution in [2.75, 3.05) is 6.54 Å². The number of aliphatic carboxylic acids is 1. The van der Waals surface area contributed by atoms with E-state index in [2.05, 4.69) is 31.2 Å². The number of aryl methyl sites for hydroxylation is 2. The fourth-order valence-corrected chi connectivity index (χ4v) is 2.23. The van der Waals surface area contributed by atoms with Crippen LogP contribution in [0.15, 0.2) is 24.3 Å². The van der Waals surface area contributed by atoms with Crippen molar-refractivity contribution in [2.24, 2.45) is 0 Å². The third-order valence-electron chi connectivity index (χ3n) is 3.49. The molecule has 0 saturated carbocycles. The van der Waals surface area contributed by atoms with E-state index in [9.17, 15) is 9.59 Å². The van der Waals surface area contributed by atoms with Gasteiger partial charge in [-0.1, -0.05) is 29.8 Å². The average molecular weight is 291 g/mol. The SMILES string of the molecule is Cc1ccc(CCCC(=O)N(CCC(=O)O)C(C)C)cc1. The second kappa shape index (κ2) is 8.45. The van der Waals surface area contributed by atoms with Gasteiger partial charge in [0.15, 0.2) is 0 Å². The molecule has 1 aromatic rings. The van der Waals surface area contributed by atoms with Gasteiger partial charge in [-0.25, -0.2) is 0 Å². The highest BCUT2D eigenvalue weighted by Crippen LogP contribution is 2.10. The molecule has 0 radical (unpaired) electrons. The van der Waals surface area contributed by atoms with E-state index in [0.29, 0.717) is 6.42 Å². The minimum Gasteiger partial charge on any atom is -0.481 e. The van der Waals surface area contributed by atoms with Crippen molar-refractivity contribution in [3.8, 4) is 0 Å². The summed E-state index contributed by atoms with van der Waals surface area (Å²) in [5.41, 5.74) is 2.46. The highest BCUT2D eigenvalue weighted by atomic mass is 16.4. The highest BCUT2D eigenvalue weighted by molar-refractivity contribution is 5.77. The molecule has 0 spiro atoms. The van der Waals surface area contributed by atoms with Gasteiger partial charge in [0.2, 0.25) is 5.91 Å². The van der Waals surface area contributed by atoms with Crippen molar-refractivity contribution in [1.29, 1.82) is 0 Å². The summed E-state index contributed by atoms with van der Waals surface area (Å²) in [6.07, 6.45) is 2.13. The molecule has 0 unspecified atom stereocenters. The lowest BCUT2D eigenvalue weighted by Crippen LogP contribution is -2.38. The molecule has 0 saturated heterocycles. The standard InChI is InChI=1S/C17H25NO3/c1-13(2)18(12-11-17(20)21)16(19)6-4-5-15-9-7-14(3)8-10-15/h7-10,13H,4-6,11-12H2,1-3H3,(H,20,21). The average Bonchev–Trinajstić information content (AvgIpc) is 2.40. The number of nitrogens with zero attached hydrogens (tertiary/aromatic N) is 1. The maximum absolute atomic E-state index is 12.2. The Bertz CT molecular complexity index is 465. The van der Waals surface area contributed by atoms with E-state index in [1.54, 1.807) is 4.90 Å². The lowest BCUT2D eigenvalue weighted by Gasteiger charge is -2.26. The lowest BCUT2D eigenvalue weighted by atomic mass is 10.1. The molecule has 4 nitrogen and oxygen atoms in total. The maximum Gasteiger partial charge on any atom is 0.305 e. The number of carbonyl (C=O) groups is 2. The zero-order valence-corrected chi connectivity index (χ0v) is 13.1. The van der Waals surface area contributed by atoms with Crippen LogP contribution < -0.4 is 0 Å². The zero-order chi connectivity index (χ0) is 15.8. The van der Waals surface area contributed by atoms with Crippen LogP contribution in [-0.2, 0) is 16.0 Å². The summed E-state index contributed by atoms with van der Waals surface area (Å²) in [6.45, 7) is 6.17. The fourth-order valence-electron chi connectivity index (χ4n) is 2.23. The number of carbonyl (C=O) groups excluding carboxylic acids is 1. The van der Waals surface area contributed by atoms with Crippen molar-refractivity contribution in [2.45, 2.75) is 52.5 Å². The van der Waals surface area contributed by atoms with Gasteiger partial charge in [0, 0.05) is 19.0 Å². The summed E-state index contributed by atoms with van der Waals surface area (Å²) >= 11 is 0. The number of carboxylic acid groups (broad SMARTS) is 1. The Morgan fingerprint density at radius 3 is 2.29 bits per heavy atom. The molecule has 0 atom stereocenters. The Hall–Kier alpha value is -1.84. The van der Waals surface area contributed by atoms with Crippen LogP contribution >= 0.6 is 0 Å². The van der Waals surface area contributed by atoms with Crippen LogP contribution in [0.5, 0.6) is 0 Å². The topological polar surface area (TPSA) is 57.6 Å². The number of benzene rings is 1. The van der Waals surface area contributed by atoms with Crippen molar-refractivity contribution in [3.05, 3.63) is 35.4 Å². The first-order valence-electron chi connectivity index (χ1n) is 7.47. The minimum absolute atomic E-state index is 0.00187. The Morgan fingerprint density at radius 2 is 1.76 bits per heavy atom. The number of amides is 1. The van der Waals surface area contributed by atoms with Crippen LogP contribution in [0.1, 0.15) is 44.2 Å². The van der Waals surface area contributed by atoms with Gasteiger partial charge in [-0.3, -0.25) is 9.59 Å². The third-order valence-corrected chi connectivity index (χ3v) is 3.49. The quantitative estimate of drug-likeness (QED) is 0.801. The first-order valence-corrected chi connectivity index (χ1v) is 7.47. The Labute approximate surface area is 126 Å². The molecule has 0 aliphatic heterocycles. The zero-order valence-electron chi connectivity index (χ0n) is 13.1. The maximum atomic E-state index is 12.2. The predicted molar refractivity (Wildman–Crippen MR) is 83.2 cm³/mol. The van der Waals surface area contributed by atoms with Crippen LogP contribution in [0, 0.1) is 6.92 Å². The molecule has 0 aliphatic rings. The molecule has 21 heavy (non-hydrogen) atoms. The van der Waals surface area contributed by atoms with Gasteiger partial charge in [0.05, 0.1) is 6.42 Å². The van der Waals surface area contributed by atoms with Gasteiger partial charge >= 0.3 is 5.97 Å². The van der Waals surface area contributed by atoms with Gasteiger partial charge in [0.25, 0.3) is 0 Å². The van der Waals surface area contributed by atoms with Gasteiger partial charge < -0.3 is 10.0 Å². The van der Waals surface area contributed by atoms with E-state index in [4.69, 9.17) is 5.11 Å². The summed E-state index contributed by atoms with van der Waals surface area (Å²) in [5.74, 6) is -0.827. The van der Waals surface area contributed by atoms with E-state index in [1.165, 1.54) is 11.1 Å². The van der Waals surface area contributed by atoms with Crippen LogP contribution in [0.2, 0.25) is 0 Å². The van der Waals surface area contributed by atoms with E-state index >= 15 is 0 Å². The van der Waals surface area contributed by atoms with Crippen LogP contribution in [0.3, 0.4) is 0 Å². The molecule has 0 bridgehead atoms. The first-order chi connectivity index (χ1) is 9.90. The summed E-state index contributed by atoms with van der Waals surface area (Å²) < 4.78 is 0. The Balaban J connectivity index is 2.42. The molecule has 1 rings (SSSR count). The Kier molecular flexibility index (Phi) is 6.92. The summed E-state index contributed by atoms with van der Waals surface area (Å²) in [6, 6.07) is 8.36. The highest BCUT2D eigenvalue weighted by Gasteiger charge is 2.17. The van der Waals surface area contributed by atoms with E-state index < -0.39 is 5.97 Å². The first kappa shape index (κ1) is 17.2. The monoisotopic (exact) mass is 291 g/mol. The molecule has 1 aromatic carbocycles.